The van der Waals surface area contributed by atoms with Crippen LogP contribution >= 0.6 is 0 Å². The molecule has 1 heterocycles. The van der Waals surface area contributed by atoms with Crippen molar-refractivity contribution in [3.05, 3.63) is 29.3 Å². The number of hydrogen-bond acceptors (Lipinski definition) is 4. The molecule has 1 aliphatic heterocycles. The highest BCUT2D eigenvalue weighted by Gasteiger charge is 2.32. The number of ether oxygens (including phenoxy) is 1. The lowest BCUT2D eigenvalue weighted by Gasteiger charge is -2.28. The Hall–Kier alpha value is -2.05. The van der Waals surface area contributed by atoms with E-state index in [9.17, 15) is 22.8 Å². The highest BCUT2D eigenvalue weighted by molar-refractivity contribution is 5.94. The van der Waals surface area contributed by atoms with Crippen LogP contribution in [0.4, 0.5) is 18.9 Å². The second-order valence-electron chi connectivity index (χ2n) is 4.20. The fraction of sp³-hybridized carbons (Fsp3) is 0.333. The molecule has 1 fully saturated rings. The highest BCUT2D eigenvalue weighted by atomic mass is 19.4. The lowest BCUT2D eigenvalue weighted by Crippen LogP contribution is -2.43. The average Bonchev–Trinajstić information content (AvgIpc) is 2.26. The van der Waals surface area contributed by atoms with Crippen LogP contribution < -0.4 is 4.90 Å². The number of carbonyl (C=O) groups is 2. The Kier molecular flexibility index (Phi) is 3.21. The molecule has 0 N–H and O–H groups in total. The van der Waals surface area contributed by atoms with Crippen molar-refractivity contribution in [1.29, 1.82) is 0 Å². The summed E-state index contributed by atoms with van der Waals surface area (Å²) in [6.45, 7) is 1.13. The molecule has 0 unspecified atom stereocenters. The fourth-order valence-corrected chi connectivity index (χ4v) is 1.86. The number of benzene rings is 1. The summed E-state index contributed by atoms with van der Waals surface area (Å²) in [5.41, 5.74) is -0.0604. The molecule has 7 heteroatoms. The molecular weight excluding hydrogens is 263 g/mol. The van der Waals surface area contributed by atoms with Gasteiger partial charge in [-0.1, -0.05) is 6.07 Å². The number of carbonyl (C=O) groups excluding carboxylic acids is 2. The fourth-order valence-electron chi connectivity index (χ4n) is 1.86. The maximum atomic E-state index is 12.6. The monoisotopic (exact) mass is 273 g/mol. The quantitative estimate of drug-likeness (QED) is 0.579. The van der Waals surface area contributed by atoms with E-state index in [4.69, 9.17) is 0 Å². The Morgan fingerprint density at radius 2 is 1.74 bits per heavy atom. The van der Waals surface area contributed by atoms with Gasteiger partial charge in [-0.2, -0.15) is 13.2 Å². The van der Waals surface area contributed by atoms with Crippen LogP contribution in [-0.2, 0) is 20.5 Å². The number of hydrogen-bond donors (Lipinski definition) is 0. The second kappa shape index (κ2) is 4.56. The number of morpholine rings is 1. The van der Waals surface area contributed by atoms with E-state index in [0.717, 1.165) is 12.1 Å². The van der Waals surface area contributed by atoms with Crippen molar-refractivity contribution in [1.82, 2.24) is 0 Å². The average molecular weight is 273 g/mol. The Bertz CT molecular complexity index is 524. The smallest absolute Gasteiger partial charge is 0.390 e. The molecule has 4 nitrogen and oxygen atoms in total. The lowest BCUT2D eigenvalue weighted by atomic mass is 10.1. The Balaban J connectivity index is 2.38. The van der Waals surface area contributed by atoms with E-state index in [0.29, 0.717) is 5.56 Å². The highest BCUT2D eigenvalue weighted by Crippen LogP contribution is 2.33. The van der Waals surface area contributed by atoms with Crippen molar-refractivity contribution in [2.45, 2.75) is 13.1 Å². The van der Waals surface area contributed by atoms with E-state index < -0.39 is 23.7 Å². The Labute approximate surface area is 106 Å². The molecule has 1 aromatic rings. The van der Waals surface area contributed by atoms with Crippen molar-refractivity contribution >= 4 is 17.6 Å². The Morgan fingerprint density at radius 1 is 1.16 bits per heavy atom. The summed E-state index contributed by atoms with van der Waals surface area (Å²) >= 11 is 0. The standard InChI is InChI=1S/C12H10F3NO3/c1-7-2-3-8(12(13,14)15)4-9(7)16-5-10(17)19-11(18)6-16/h2-4H,5-6H2,1H3. The van der Waals surface area contributed by atoms with Crippen LogP contribution in [0.2, 0.25) is 0 Å². The van der Waals surface area contributed by atoms with Crippen LogP contribution in [0.1, 0.15) is 11.1 Å². The van der Waals surface area contributed by atoms with Crippen LogP contribution in [0.5, 0.6) is 0 Å². The normalized spacial score (nSPS) is 16.5. The molecular formula is C12H10F3NO3. The molecule has 0 aromatic heterocycles. The molecule has 0 saturated carbocycles. The lowest BCUT2D eigenvalue weighted by molar-refractivity contribution is -0.160. The molecule has 1 aliphatic rings. The molecule has 2 rings (SSSR count). The molecule has 0 spiro atoms. The van der Waals surface area contributed by atoms with E-state index in [-0.39, 0.29) is 18.8 Å². The largest absolute Gasteiger partial charge is 0.416 e. The topological polar surface area (TPSA) is 46.6 Å². The minimum Gasteiger partial charge on any atom is -0.390 e. The number of rotatable bonds is 1. The second-order valence-corrected chi connectivity index (χ2v) is 4.20. The molecule has 0 radical (unpaired) electrons. The van der Waals surface area contributed by atoms with Crippen molar-refractivity contribution in [3.63, 3.8) is 0 Å². The summed E-state index contributed by atoms with van der Waals surface area (Å²) in [6.07, 6.45) is -4.47. The van der Waals surface area contributed by atoms with Gasteiger partial charge in [0.2, 0.25) is 0 Å². The van der Waals surface area contributed by atoms with Crippen molar-refractivity contribution < 1.29 is 27.5 Å². The van der Waals surface area contributed by atoms with Gasteiger partial charge in [-0.15, -0.1) is 0 Å². The summed E-state index contributed by atoms with van der Waals surface area (Å²) in [7, 11) is 0. The van der Waals surface area contributed by atoms with E-state index in [1.54, 1.807) is 6.92 Å². The molecule has 0 amide bonds. The van der Waals surface area contributed by atoms with Crippen molar-refractivity contribution in [2.75, 3.05) is 18.0 Å². The first kappa shape index (κ1) is 13.4. The zero-order valence-electron chi connectivity index (χ0n) is 9.95. The summed E-state index contributed by atoms with van der Waals surface area (Å²) in [5, 5.41) is 0. The zero-order chi connectivity index (χ0) is 14.2. The maximum Gasteiger partial charge on any atom is 0.416 e. The third-order valence-electron chi connectivity index (χ3n) is 2.74. The molecule has 0 aliphatic carbocycles. The summed E-state index contributed by atoms with van der Waals surface area (Å²) < 4.78 is 42.3. The summed E-state index contributed by atoms with van der Waals surface area (Å²) in [4.78, 5) is 23.6. The van der Waals surface area contributed by atoms with Crippen molar-refractivity contribution in [3.8, 4) is 0 Å². The van der Waals surface area contributed by atoms with Crippen molar-refractivity contribution in [2.24, 2.45) is 0 Å². The van der Waals surface area contributed by atoms with Gasteiger partial charge in [0.05, 0.1) is 5.56 Å². The third-order valence-corrected chi connectivity index (χ3v) is 2.74. The number of nitrogens with zero attached hydrogens (tertiary/aromatic N) is 1. The predicted molar refractivity (Wildman–Crippen MR) is 59.5 cm³/mol. The first-order chi connectivity index (χ1) is 8.77. The van der Waals surface area contributed by atoms with Crippen LogP contribution in [0.25, 0.3) is 0 Å². The van der Waals surface area contributed by atoms with E-state index >= 15 is 0 Å². The van der Waals surface area contributed by atoms with E-state index in [2.05, 4.69) is 4.74 Å². The molecule has 0 bridgehead atoms. The minimum atomic E-state index is -4.47. The van der Waals surface area contributed by atoms with Gasteiger partial charge in [0.15, 0.2) is 0 Å². The summed E-state index contributed by atoms with van der Waals surface area (Å²) in [5.74, 6) is -1.54. The van der Waals surface area contributed by atoms with Gasteiger partial charge in [0.1, 0.15) is 13.1 Å². The van der Waals surface area contributed by atoms with E-state index in [1.807, 2.05) is 0 Å². The first-order valence-electron chi connectivity index (χ1n) is 5.43. The number of cyclic esters (lactones) is 2. The number of esters is 2. The molecule has 102 valence electrons. The van der Waals surface area contributed by atoms with Gasteiger partial charge in [-0.05, 0) is 24.6 Å². The zero-order valence-corrected chi connectivity index (χ0v) is 9.95. The number of halogens is 3. The van der Waals surface area contributed by atoms with Gasteiger partial charge in [-0.3, -0.25) is 0 Å². The van der Waals surface area contributed by atoms with Crippen LogP contribution in [0, 0.1) is 6.92 Å². The first-order valence-corrected chi connectivity index (χ1v) is 5.43. The van der Waals surface area contributed by atoms with Gasteiger partial charge in [-0.25, -0.2) is 9.59 Å². The van der Waals surface area contributed by atoms with Gasteiger partial charge < -0.3 is 9.64 Å². The van der Waals surface area contributed by atoms with Gasteiger partial charge in [0.25, 0.3) is 0 Å². The predicted octanol–water partition coefficient (Wildman–Crippen LogP) is 1.90. The molecule has 1 saturated heterocycles. The molecule has 19 heavy (non-hydrogen) atoms. The third kappa shape index (κ3) is 2.86. The number of aryl methyl sites for hydroxylation is 1. The van der Waals surface area contributed by atoms with E-state index in [1.165, 1.54) is 11.0 Å². The Morgan fingerprint density at radius 3 is 2.26 bits per heavy atom. The molecule has 1 aromatic carbocycles. The van der Waals surface area contributed by atoms with Gasteiger partial charge >= 0.3 is 18.1 Å². The van der Waals surface area contributed by atoms with Gasteiger partial charge in [0, 0.05) is 5.69 Å². The van der Waals surface area contributed by atoms with Crippen LogP contribution in [-0.4, -0.2) is 25.0 Å². The minimum absolute atomic E-state index is 0.208. The maximum absolute atomic E-state index is 12.6. The number of anilines is 1. The van der Waals surface area contributed by atoms with Crippen LogP contribution in [0.3, 0.4) is 0 Å². The summed E-state index contributed by atoms with van der Waals surface area (Å²) in [6, 6.07) is 3.20. The SMILES string of the molecule is Cc1ccc(C(F)(F)F)cc1N1CC(=O)OC(=O)C1. The van der Waals surface area contributed by atoms with Crippen LogP contribution in [0.15, 0.2) is 18.2 Å². The molecule has 0 atom stereocenters. The number of alkyl halides is 3.